The Hall–Kier alpha value is -4.92. The second-order valence-corrected chi connectivity index (χ2v) is 12.8. The molecule has 0 bridgehead atoms. The maximum absolute atomic E-state index is 14.0. The molecule has 0 spiro atoms. The number of alkyl halides is 3. The quantitative estimate of drug-likeness (QED) is 0.159. The standard InChI is InChI=1S/C39H41F3N2O4/c1-6-38(37(47)48,34-14-10-9-13-33(34)36(46)44(23-25(2)3)24-26(4)5)28-19-21-30(22-20-28)43-35(45)32-12-8-7-11-31(32)27-15-17-29(18-16-27)39(40,41)42/h7-22,25-26H,6,23-24H2,1-5H3,(H,43,45)(H,47,48). The number of carboxylic acids is 1. The molecule has 252 valence electrons. The van der Waals surface area contributed by atoms with E-state index < -0.39 is 29.0 Å². The lowest BCUT2D eigenvalue weighted by Crippen LogP contribution is -2.41. The summed E-state index contributed by atoms with van der Waals surface area (Å²) in [5.41, 5.74) is 0.401. The van der Waals surface area contributed by atoms with Crippen LogP contribution < -0.4 is 5.32 Å². The van der Waals surface area contributed by atoms with Gasteiger partial charge in [-0.25, -0.2) is 0 Å². The summed E-state index contributed by atoms with van der Waals surface area (Å²) in [7, 11) is 0. The summed E-state index contributed by atoms with van der Waals surface area (Å²) in [6.07, 6.45) is -4.32. The monoisotopic (exact) mass is 658 g/mol. The lowest BCUT2D eigenvalue weighted by atomic mass is 9.70. The molecule has 0 aromatic heterocycles. The fourth-order valence-corrected chi connectivity index (χ4v) is 6.08. The van der Waals surface area contributed by atoms with Crippen molar-refractivity contribution >= 4 is 23.5 Å². The number of benzene rings is 4. The van der Waals surface area contributed by atoms with Crippen molar-refractivity contribution < 1.29 is 32.7 Å². The van der Waals surface area contributed by atoms with Crippen LogP contribution in [0.5, 0.6) is 0 Å². The van der Waals surface area contributed by atoms with Crippen LogP contribution in [-0.2, 0) is 16.4 Å². The first-order valence-corrected chi connectivity index (χ1v) is 16.0. The van der Waals surface area contributed by atoms with Gasteiger partial charge in [-0.3, -0.25) is 14.4 Å². The molecule has 1 atom stereocenters. The molecule has 9 heteroatoms. The molecule has 6 nitrogen and oxygen atoms in total. The van der Waals surface area contributed by atoms with Gasteiger partial charge in [0, 0.05) is 29.9 Å². The fraction of sp³-hybridized carbons (Fsp3) is 0.308. The summed E-state index contributed by atoms with van der Waals surface area (Å²) in [6.45, 7) is 11.0. The van der Waals surface area contributed by atoms with Crippen LogP contribution in [0.15, 0.2) is 97.1 Å². The molecule has 48 heavy (non-hydrogen) atoms. The predicted molar refractivity (Wildman–Crippen MR) is 182 cm³/mol. The third-order valence-electron chi connectivity index (χ3n) is 8.30. The summed E-state index contributed by atoms with van der Waals surface area (Å²) in [5.74, 6) is -1.36. The summed E-state index contributed by atoms with van der Waals surface area (Å²) in [4.78, 5) is 42.4. The topological polar surface area (TPSA) is 86.7 Å². The smallest absolute Gasteiger partial charge is 0.416 e. The van der Waals surface area contributed by atoms with Crippen molar-refractivity contribution in [1.29, 1.82) is 0 Å². The highest BCUT2D eigenvalue weighted by Gasteiger charge is 2.43. The van der Waals surface area contributed by atoms with Gasteiger partial charge in [0.05, 0.1) is 5.56 Å². The van der Waals surface area contributed by atoms with Gasteiger partial charge in [0.1, 0.15) is 5.41 Å². The molecule has 0 radical (unpaired) electrons. The molecular formula is C39H41F3N2O4. The van der Waals surface area contributed by atoms with E-state index in [0.717, 1.165) is 12.1 Å². The predicted octanol–water partition coefficient (Wildman–Crippen LogP) is 9.16. The minimum atomic E-state index is -4.48. The van der Waals surface area contributed by atoms with Crippen molar-refractivity contribution in [2.45, 2.75) is 52.6 Å². The van der Waals surface area contributed by atoms with E-state index in [2.05, 4.69) is 5.32 Å². The third-order valence-corrected chi connectivity index (χ3v) is 8.30. The van der Waals surface area contributed by atoms with Crippen LogP contribution in [-0.4, -0.2) is 40.9 Å². The van der Waals surface area contributed by atoms with Crippen molar-refractivity contribution in [2.24, 2.45) is 11.8 Å². The van der Waals surface area contributed by atoms with Gasteiger partial charge in [0.25, 0.3) is 11.8 Å². The Morgan fingerprint density at radius 2 is 1.25 bits per heavy atom. The van der Waals surface area contributed by atoms with Crippen LogP contribution in [0.4, 0.5) is 18.9 Å². The lowest BCUT2D eigenvalue weighted by molar-refractivity contribution is -0.142. The van der Waals surface area contributed by atoms with Crippen LogP contribution in [0.25, 0.3) is 11.1 Å². The number of nitrogens with one attached hydrogen (secondary N) is 1. The zero-order valence-corrected chi connectivity index (χ0v) is 27.8. The van der Waals surface area contributed by atoms with E-state index >= 15 is 0 Å². The van der Waals surface area contributed by atoms with Crippen LogP contribution in [0, 0.1) is 11.8 Å². The number of anilines is 1. The molecule has 0 aliphatic rings. The molecule has 2 N–H and O–H groups in total. The van der Waals surface area contributed by atoms with Crippen LogP contribution >= 0.6 is 0 Å². The van der Waals surface area contributed by atoms with Gasteiger partial charge in [-0.2, -0.15) is 13.2 Å². The van der Waals surface area contributed by atoms with E-state index in [9.17, 15) is 32.7 Å². The summed E-state index contributed by atoms with van der Waals surface area (Å²) >= 11 is 0. The number of hydrogen-bond acceptors (Lipinski definition) is 3. The normalized spacial score (nSPS) is 12.9. The highest BCUT2D eigenvalue weighted by molar-refractivity contribution is 6.08. The average molecular weight is 659 g/mol. The van der Waals surface area contributed by atoms with Crippen LogP contribution in [0.1, 0.15) is 78.4 Å². The second kappa shape index (κ2) is 14.9. The van der Waals surface area contributed by atoms with Gasteiger partial charge in [0.2, 0.25) is 0 Å². The fourth-order valence-electron chi connectivity index (χ4n) is 6.08. The zero-order valence-electron chi connectivity index (χ0n) is 27.8. The van der Waals surface area contributed by atoms with Gasteiger partial charge in [-0.1, -0.05) is 95.3 Å². The van der Waals surface area contributed by atoms with E-state index in [0.29, 0.717) is 46.6 Å². The second-order valence-electron chi connectivity index (χ2n) is 12.8. The molecule has 0 aliphatic heterocycles. The Labute approximate surface area is 279 Å². The molecule has 4 aromatic rings. The minimum absolute atomic E-state index is 0.160. The van der Waals surface area contributed by atoms with Gasteiger partial charge in [0.15, 0.2) is 0 Å². The van der Waals surface area contributed by atoms with Gasteiger partial charge >= 0.3 is 12.1 Å². The van der Waals surface area contributed by atoms with Crippen molar-refractivity contribution in [3.63, 3.8) is 0 Å². The molecule has 0 fully saturated rings. The molecule has 0 saturated heterocycles. The number of amides is 2. The van der Waals surface area contributed by atoms with E-state index in [4.69, 9.17) is 0 Å². The first-order chi connectivity index (χ1) is 22.7. The summed E-state index contributed by atoms with van der Waals surface area (Å²) < 4.78 is 39.3. The first kappa shape index (κ1) is 35.9. The first-order valence-electron chi connectivity index (χ1n) is 16.0. The number of carboxylic acid groups (broad SMARTS) is 1. The van der Waals surface area contributed by atoms with Crippen LogP contribution in [0.3, 0.4) is 0 Å². The molecule has 1 unspecified atom stereocenters. The lowest BCUT2D eigenvalue weighted by Gasteiger charge is -2.33. The Bertz CT molecular complexity index is 1740. The number of carbonyl (C=O) groups excluding carboxylic acids is 2. The molecule has 2 amide bonds. The number of hydrogen-bond donors (Lipinski definition) is 2. The maximum atomic E-state index is 14.0. The Morgan fingerprint density at radius 3 is 1.77 bits per heavy atom. The van der Waals surface area contributed by atoms with Gasteiger partial charge in [-0.15, -0.1) is 0 Å². The molecule has 0 saturated carbocycles. The number of carbonyl (C=O) groups is 3. The van der Waals surface area contributed by atoms with E-state index in [-0.39, 0.29) is 29.7 Å². The molecule has 0 heterocycles. The van der Waals surface area contributed by atoms with Gasteiger partial charge < -0.3 is 15.3 Å². The maximum Gasteiger partial charge on any atom is 0.416 e. The zero-order chi connectivity index (χ0) is 35.2. The Morgan fingerprint density at radius 1 is 0.729 bits per heavy atom. The number of aliphatic carboxylic acids is 1. The van der Waals surface area contributed by atoms with E-state index in [1.807, 2.05) is 27.7 Å². The highest BCUT2D eigenvalue weighted by Crippen LogP contribution is 2.39. The van der Waals surface area contributed by atoms with E-state index in [1.165, 1.54) is 12.1 Å². The van der Waals surface area contributed by atoms with Crippen molar-refractivity contribution in [3.05, 3.63) is 125 Å². The molecular weight excluding hydrogens is 617 g/mol. The third kappa shape index (κ3) is 7.78. The van der Waals surface area contributed by atoms with Crippen molar-refractivity contribution in [1.82, 2.24) is 4.90 Å². The van der Waals surface area contributed by atoms with Crippen molar-refractivity contribution in [2.75, 3.05) is 18.4 Å². The largest absolute Gasteiger partial charge is 0.480 e. The highest BCUT2D eigenvalue weighted by atomic mass is 19.4. The minimum Gasteiger partial charge on any atom is -0.480 e. The number of rotatable bonds is 12. The Kier molecular flexibility index (Phi) is 11.1. The summed E-state index contributed by atoms with van der Waals surface area (Å²) in [5, 5.41) is 13.6. The molecule has 0 aliphatic carbocycles. The number of nitrogens with zero attached hydrogens (tertiary/aromatic N) is 1. The SMILES string of the molecule is CCC(C(=O)O)(c1ccc(NC(=O)c2ccccc2-c2ccc(C(F)(F)F)cc2)cc1)c1ccccc1C(=O)N(CC(C)C)CC(C)C. The Balaban J connectivity index is 1.67. The van der Waals surface area contributed by atoms with Crippen molar-refractivity contribution in [3.8, 4) is 11.1 Å². The van der Waals surface area contributed by atoms with Crippen LogP contribution in [0.2, 0.25) is 0 Å². The molecule has 4 rings (SSSR count). The average Bonchev–Trinajstić information content (AvgIpc) is 3.04. The molecule has 4 aromatic carbocycles. The van der Waals surface area contributed by atoms with Gasteiger partial charge in [-0.05, 0) is 76.9 Å². The number of halogens is 3. The summed E-state index contributed by atoms with van der Waals surface area (Å²) in [6, 6.07) is 24.5. The van der Waals surface area contributed by atoms with E-state index in [1.54, 1.807) is 84.6 Å².